The van der Waals surface area contributed by atoms with Crippen LogP contribution < -0.4 is 10.2 Å². The van der Waals surface area contributed by atoms with Gasteiger partial charge in [-0.05, 0) is 28.5 Å². The number of hydrogen-bond acceptors (Lipinski definition) is 3. The lowest BCUT2D eigenvalue weighted by atomic mass is 10.1. The number of carbonyl (C=O) groups is 1. The number of amides is 1. The summed E-state index contributed by atoms with van der Waals surface area (Å²) >= 11 is 0. The molecule has 0 aliphatic rings. The Bertz CT molecular complexity index is 858. The second kappa shape index (κ2) is 6.75. The predicted molar refractivity (Wildman–Crippen MR) is 92.0 cm³/mol. The standard InChI is InChI=1S/C19H16N2O2/c1-23-18-12-16-10-6-5-9-15(16)11-17(18)19(22)21-20-13-14-7-3-2-4-8-14/h2-13H,1H3,(H,21,22)/b20-13-. The Morgan fingerprint density at radius 1 is 1.00 bits per heavy atom. The van der Waals surface area contributed by atoms with E-state index in [9.17, 15) is 4.79 Å². The van der Waals surface area contributed by atoms with E-state index in [1.807, 2.05) is 66.7 Å². The number of ether oxygens (including phenoxy) is 1. The highest BCUT2D eigenvalue weighted by Gasteiger charge is 2.12. The molecule has 0 saturated heterocycles. The number of methoxy groups -OCH3 is 1. The molecule has 23 heavy (non-hydrogen) atoms. The van der Waals surface area contributed by atoms with Gasteiger partial charge in [-0.3, -0.25) is 4.79 Å². The van der Waals surface area contributed by atoms with E-state index in [0.717, 1.165) is 16.3 Å². The first-order valence-electron chi connectivity index (χ1n) is 7.23. The lowest BCUT2D eigenvalue weighted by Crippen LogP contribution is -2.18. The molecule has 0 aliphatic carbocycles. The zero-order chi connectivity index (χ0) is 16.1. The maximum Gasteiger partial charge on any atom is 0.275 e. The Hall–Kier alpha value is -3.14. The summed E-state index contributed by atoms with van der Waals surface area (Å²) in [6.07, 6.45) is 1.60. The van der Waals surface area contributed by atoms with E-state index in [1.54, 1.807) is 13.3 Å². The first kappa shape index (κ1) is 14.8. The Kier molecular flexibility index (Phi) is 4.34. The molecule has 3 aromatic rings. The molecule has 1 N–H and O–H groups in total. The second-order valence-electron chi connectivity index (χ2n) is 5.01. The van der Waals surface area contributed by atoms with Gasteiger partial charge in [-0.2, -0.15) is 5.10 Å². The first-order valence-corrected chi connectivity index (χ1v) is 7.23. The van der Waals surface area contributed by atoms with Gasteiger partial charge >= 0.3 is 0 Å². The maximum absolute atomic E-state index is 12.4. The van der Waals surface area contributed by atoms with Gasteiger partial charge in [0.1, 0.15) is 5.75 Å². The number of hydrazone groups is 1. The van der Waals surface area contributed by atoms with E-state index in [-0.39, 0.29) is 5.91 Å². The van der Waals surface area contributed by atoms with E-state index in [1.165, 1.54) is 0 Å². The summed E-state index contributed by atoms with van der Waals surface area (Å²) in [7, 11) is 1.55. The molecule has 0 bridgehead atoms. The average Bonchev–Trinajstić information content (AvgIpc) is 2.61. The van der Waals surface area contributed by atoms with Crippen molar-refractivity contribution in [1.82, 2.24) is 5.43 Å². The molecule has 0 fully saturated rings. The van der Waals surface area contributed by atoms with Crippen LogP contribution in [-0.2, 0) is 0 Å². The van der Waals surface area contributed by atoms with Crippen LogP contribution in [0.4, 0.5) is 0 Å². The molecule has 0 aromatic heterocycles. The molecule has 0 heterocycles. The molecule has 0 unspecified atom stereocenters. The molecule has 114 valence electrons. The highest BCUT2D eigenvalue weighted by atomic mass is 16.5. The molecule has 0 spiro atoms. The first-order chi connectivity index (χ1) is 11.3. The van der Waals surface area contributed by atoms with E-state index >= 15 is 0 Å². The SMILES string of the molecule is COc1cc2ccccc2cc1C(=O)N/N=C\c1ccccc1. The number of carbonyl (C=O) groups excluding carboxylic acids is 1. The molecule has 3 aromatic carbocycles. The van der Waals surface area contributed by atoms with Crippen molar-refractivity contribution >= 4 is 22.9 Å². The summed E-state index contributed by atoms with van der Waals surface area (Å²) in [5, 5.41) is 5.99. The summed E-state index contributed by atoms with van der Waals surface area (Å²) in [5.74, 6) is 0.218. The fourth-order valence-electron chi connectivity index (χ4n) is 2.33. The Labute approximate surface area is 134 Å². The van der Waals surface area contributed by atoms with Crippen LogP contribution in [0.5, 0.6) is 5.75 Å². The molecular weight excluding hydrogens is 288 g/mol. The van der Waals surface area contributed by atoms with Crippen molar-refractivity contribution in [2.24, 2.45) is 5.10 Å². The molecule has 0 radical (unpaired) electrons. The van der Waals surface area contributed by atoms with Gasteiger partial charge in [0.05, 0.1) is 18.9 Å². The Morgan fingerprint density at radius 3 is 2.35 bits per heavy atom. The van der Waals surface area contributed by atoms with Crippen molar-refractivity contribution in [3.8, 4) is 5.75 Å². The van der Waals surface area contributed by atoms with Gasteiger partial charge in [0, 0.05) is 0 Å². The van der Waals surface area contributed by atoms with Gasteiger partial charge in [0.25, 0.3) is 5.91 Å². The topological polar surface area (TPSA) is 50.7 Å². The van der Waals surface area contributed by atoms with Crippen molar-refractivity contribution < 1.29 is 9.53 Å². The highest BCUT2D eigenvalue weighted by Crippen LogP contribution is 2.25. The van der Waals surface area contributed by atoms with Gasteiger partial charge in [-0.25, -0.2) is 5.43 Å². The van der Waals surface area contributed by atoms with Gasteiger partial charge < -0.3 is 4.74 Å². The molecule has 0 aliphatic heterocycles. The van der Waals surface area contributed by atoms with Gasteiger partial charge in [0.2, 0.25) is 0 Å². The van der Waals surface area contributed by atoms with Crippen molar-refractivity contribution in [3.63, 3.8) is 0 Å². The zero-order valence-electron chi connectivity index (χ0n) is 12.7. The fraction of sp³-hybridized carbons (Fsp3) is 0.0526. The van der Waals surface area contributed by atoms with Gasteiger partial charge in [-0.1, -0.05) is 54.6 Å². The monoisotopic (exact) mass is 304 g/mol. The normalized spacial score (nSPS) is 10.8. The minimum absolute atomic E-state index is 0.306. The third-order valence-electron chi connectivity index (χ3n) is 3.49. The summed E-state index contributed by atoms with van der Waals surface area (Å²) in [6, 6.07) is 21.0. The summed E-state index contributed by atoms with van der Waals surface area (Å²) in [5.41, 5.74) is 3.91. The highest BCUT2D eigenvalue weighted by molar-refractivity contribution is 6.01. The minimum atomic E-state index is -0.306. The van der Waals surface area contributed by atoms with Crippen LogP contribution in [0.2, 0.25) is 0 Å². The molecule has 0 saturated carbocycles. The molecule has 0 atom stereocenters. The minimum Gasteiger partial charge on any atom is -0.496 e. The largest absolute Gasteiger partial charge is 0.496 e. The van der Waals surface area contributed by atoms with Crippen LogP contribution in [0.1, 0.15) is 15.9 Å². The van der Waals surface area contributed by atoms with Crippen LogP contribution in [0.3, 0.4) is 0 Å². The Balaban J connectivity index is 1.84. The lowest BCUT2D eigenvalue weighted by Gasteiger charge is -2.09. The molecular formula is C19H16N2O2. The predicted octanol–water partition coefficient (Wildman–Crippen LogP) is 3.61. The van der Waals surface area contributed by atoms with Gasteiger partial charge in [0.15, 0.2) is 0 Å². The van der Waals surface area contributed by atoms with Crippen LogP contribution in [0, 0.1) is 0 Å². The fourth-order valence-corrected chi connectivity index (χ4v) is 2.33. The van der Waals surface area contributed by atoms with E-state index in [0.29, 0.717) is 11.3 Å². The second-order valence-corrected chi connectivity index (χ2v) is 5.01. The number of hydrogen-bond donors (Lipinski definition) is 1. The van der Waals surface area contributed by atoms with Crippen molar-refractivity contribution in [2.45, 2.75) is 0 Å². The van der Waals surface area contributed by atoms with E-state index < -0.39 is 0 Å². The van der Waals surface area contributed by atoms with Crippen LogP contribution in [-0.4, -0.2) is 19.2 Å². The van der Waals surface area contributed by atoms with Crippen molar-refractivity contribution in [2.75, 3.05) is 7.11 Å². The van der Waals surface area contributed by atoms with Crippen LogP contribution >= 0.6 is 0 Å². The van der Waals surface area contributed by atoms with Crippen LogP contribution in [0.25, 0.3) is 10.8 Å². The zero-order valence-corrected chi connectivity index (χ0v) is 12.7. The van der Waals surface area contributed by atoms with E-state index in [4.69, 9.17) is 4.74 Å². The summed E-state index contributed by atoms with van der Waals surface area (Å²) in [4.78, 5) is 12.4. The molecule has 1 amide bonds. The average molecular weight is 304 g/mol. The van der Waals surface area contributed by atoms with Crippen LogP contribution in [0.15, 0.2) is 71.8 Å². The number of benzene rings is 3. The molecule has 4 heteroatoms. The maximum atomic E-state index is 12.4. The summed E-state index contributed by atoms with van der Waals surface area (Å²) in [6.45, 7) is 0. The van der Waals surface area contributed by atoms with Gasteiger partial charge in [-0.15, -0.1) is 0 Å². The summed E-state index contributed by atoms with van der Waals surface area (Å²) < 4.78 is 5.33. The molecule has 3 rings (SSSR count). The Morgan fingerprint density at radius 2 is 1.65 bits per heavy atom. The number of rotatable bonds is 4. The van der Waals surface area contributed by atoms with E-state index in [2.05, 4.69) is 10.5 Å². The third-order valence-corrected chi connectivity index (χ3v) is 3.49. The number of nitrogens with one attached hydrogen (secondary N) is 1. The van der Waals surface area contributed by atoms with Crippen molar-refractivity contribution in [3.05, 3.63) is 77.9 Å². The third kappa shape index (κ3) is 3.37. The smallest absolute Gasteiger partial charge is 0.275 e. The number of nitrogens with zero attached hydrogens (tertiary/aromatic N) is 1. The lowest BCUT2D eigenvalue weighted by molar-refractivity contribution is 0.0952. The number of fused-ring (bicyclic) bond motifs is 1. The van der Waals surface area contributed by atoms with Crippen molar-refractivity contribution in [1.29, 1.82) is 0 Å². The molecule has 4 nitrogen and oxygen atoms in total. The quantitative estimate of drug-likeness (QED) is 0.591.